The van der Waals surface area contributed by atoms with Gasteiger partial charge in [0, 0.05) is 6.07 Å². The lowest BCUT2D eigenvalue weighted by molar-refractivity contribution is -0.384. The number of phenolic OH excluding ortho intramolecular Hbond substituents is 1. The highest BCUT2D eigenvalue weighted by atomic mass is 32.3. The number of nitro groups is 1. The number of non-ortho nitro benzene ring substituents is 1. The molecule has 0 bridgehead atoms. The van der Waals surface area contributed by atoms with Crippen LogP contribution in [0.2, 0.25) is 0 Å². The highest BCUT2D eigenvalue weighted by molar-refractivity contribution is 7.81. The predicted octanol–water partition coefficient (Wildman–Crippen LogP) is 0.482. The summed E-state index contributed by atoms with van der Waals surface area (Å²) in [4.78, 5) is 9.45. The molecule has 0 heterocycles. The molecule has 0 aliphatic carbocycles. The minimum atomic E-state index is -4.76. The van der Waals surface area contributed by atoms with Crippen molar-refractivity contribution in [1.82, 2.24) is 0 Å². The number of phenols is 1. The van der Waals surface area contributed by atoms with Gasteiger partial charge in [-0.3, -0.25) is 14.7 Å². The smallest absolute Gasteiger partial charge is 0.446 e. The van der Waals surface area contributed by atoms with Gasteiger partial charge in [-0.1, -0.05) is 0 Å². The molecule has 0 spiro atoms. The van der Waals surface area contributed by atoms with Crippen LogP contribution in [0.3, 0.4) is 0 Å². The van der Waals surface area contributed by atoms with E-state index in [4.69, 9.17) is 9.66 Å². The lowest BCUT2D eigenvalue weighted by Crippen LogP contribution is -2.06. The van der Waals surface area contributed by atoms with Crippen LogP contribution in [0.25, 0.3) is 0 Å². The molecule has 0 aliphatic heterocycles. The molecule has 0 unspecified atom stereocenters. The fourth-order valence-corrected chi connectivity index (χ4v) is 1.17. The van der Waals surface area contributed by atoms with Crippen LogP contribution in [0, 0.1) is 10.1 Å². The van der Waals surface area contributed by atoms with Gasteiger partial charge in [0.05, 0.1) is 11.0 Å². The van der Waals surface area contributed by atoms with Gasteiger partial charge in [-0.2, -0.15) is 8.42 Å². The fraction of sp³-hybridized carbons (Fsp3) is 0. The van der Waals surface area contributed by atoms with Crippen molar-refractivity contribution < 1.29 is 27.2 Å². The molecule has 2 N–H and O–H groups in total. The van der Waals surface area contributed by atoms with Crippen LogP contribution in [-0.2, 0) is 10.4 Å². The molecule has 0 fully saturated rings. The van der Waals surface area contributed by atoms with Crippen LogP contribution in [0.1, 0.15) is 0 Å². The van der Waals surface area contributed by atoms with Crippen molar-refractivity contribution in [1.29, 1.82) is 0 Å². The van der Waals surface area contributed by atoms with Gasteiger partial charge in [-0.05, 0) is 6.07 Å². The second-order valence-electron chi connectivity index (χ2n) is 2.42. The Balaban J connectivity index is 3.09. The summed E-state index contributed by atoms with van der Waals surface area (Å²) in [5.74, 6) is -1.36. The van der Waals surface area contributed by atoms with Crippen LogP contribution >= 0.6 is 0 Å². The van der Waals surface area contributed by atoms with Gasteiger partial charge < -0.3 is 9.29 Å². The predicted molar refractivity (Wildman–Crippen MR) is 46.9 cm³/mol. The van der Waals surface area contributed by atoms with Gasteiger partial charge in [0.1, 0.15) is 0 Å². The second kappa shape index (κ2) is 3.71. The summed E-state index contributed by atoms with van der Waals surface area (Å²) in [6.07, 6.45) is 0. The minimum absolute atomic E-state index is 0.435. The third kappa shape index (κ3) is 3.07. The van der Waals surface area contributed by atoms with Gasteiger partial charge in [0.15, 0.2) is 11.5 Å². The summed E-state index contributed by atoms with van der Waals surface area (Å²) in [7, 11) is -4.76. The van der Waals surface area contributed by atoms with Crippen LogP contribution in [0.15, 0.2) is 18.2 Å². The van der Waals surface area contributed by atoms with E-state index < -0.39 is 32.5 Å². The van der Waals surface area contributed by atoms with Gasteiger partial charge in [0.2, 0.25) is 0 Å². The van der Waals surface area contributed by atoms with Crippen molar-refractivity contribution in [2.75, 3.05) is 0 Å². The Morgan fingerprint density at radius 1 is 1.40 bits per heavy atom. The Hall–Kier alpha value is -1.87. The molecule has 0 amide bonds. The summed E-state index contributed by atoms with van der Waals surface area (Å²) in [6, 6.07) is 2.46. The Morgan fingerprint density at radius 2 is 2.00 bits per heavy atom. The first kappa shape index (κ1) is 11.2. The van der Waals surface area contributed by atoms with E-state index in [1.807, 2.05) is 0 Å². The SMILES string of the molecule is O=[N+]([O-])c1ccc(OS(=O)(=O)O)c(O)c1. The van der Waals surface area contributed by atoms with E-state index >= 15 is 0 Å². The average Bonchev–Trinajstić information content (AvgIpc) is 2.05. The molecule has 82 valence electrons. The number of hydrogen-bond acceptors (Lipinski definition) is 6. The average molecular weight is 235 g/mol. The summed E-state index contributed by atoms with van der Waals surface area (Å²) >= 11 is 0. The first-order valence-electron chi connectivity index (χ1n) is 3.44. The van der Waals surface area contributed by atoms with Gasteiger partial charge in [-0.25, -0.2) is 0 Å². The standard InChI is InChI=1S/C6H5NO7S/c8-5-3-4(7(9)10)1-2-6(5)14-15(11,12)13/h1-3,8H,(H,11,12,13). The molecule has 15 heavy (non-hydrogen) atoms. The number of aromatic hydroxyl groups is 1. The third-order valence-corrected chi connectivity index (χ3v) is 1.74. The summed E-state index contributed by atoms with van der Waals surface area (Å²) < 4.78 is 32.7. The van der Waals surface area contributed by atoms with E-state index in [2.05, 4.69) is 4.18 Å². The third-order valence-electron chi connectivity index (χ3n) is 1.35. The number of rotatable bonds is 3. The largest absolute Gasteiger partial charge is 0.504 e. The maximum absolute atomic E-state index is 10.3. The zero-order valence-electron chi connectivity index (χ0n) is 7.02. The summed E-state index contributed by atoms with van der Waals surface area (Å²) in [5, 5.41) is 19.3. The number of hydrogen-bond donors (Lipinski definition) is 2. The molecular formula is C6H5NO7S. The van der Waals surface area contributed by atoms with E-state index in [-0.39, 0.29) is 0 Å². The number of nitro benzene ring substituents is 1. The van der Waals surface area contributed by atoms with E-state index in [1.54, 1.807) is 0 Å². The zero-order chi connectivity index (χ0) is 11.6. The molecule has 0 aromatic heterocycles. The molecule has 0 radical (unpaired) electrons. The van der Waals surface area contributed by atoms with Crippen molar-refractivity contribution in [3.05, 3.63) is 28.3 Å². The Labute approximate surface area is 83.8 Å². The molecule has 0 saturated carbocycles. The second-order valence-corrected chi connectivity index (χ2v) is 3.44. The molecule has 9 heteroatoms. The summed E-state index contributed by atoms with van der Waals surface area (Å²) in [6.45, 7) is 0. The molecule has 0 saturated heterocycles. The highest BCUT2D eigenvalue weighted by Crippen LogP contribution is 2.30. The van der Waals surface area contributed by atoms with Crippen LogP contribution in [0.4, 0.5) is 5.69 Å². The molecule has 1 rings (SSSR count). The molecule has 1 aromatic carbocycles. The van der Waals surface area contributed by atoms with E-state index in [0.29, 0.717) is 6.07 Å². The monoisotopic (exact) mass is 235 g/mol. The zero-order valence-corrected chi connectivity index (χ0v) is 7.84. The molecule has 8 nitrogen and oxygen atoms in total. The molecule has 0 aliphatic rings. The Kier molecular flexibility index (Phi) is 2.77. The number of nitrogens with zero attached hydrogens (tertiary/aromatic N) is 1. The quantitative estimate of drug-likeness (QED) is 0.443. The highest BCUT2D eigenvalue weighted by Gasteiger charge is 2.15. The number of benzene rings is 1. The van der Waals surface area contributed by atoms with E-state index in [1.165, 1.54) is 0 Å². The van der Waals surface area contributed by atoms with Crippen molar-refractivity contribution in [2.24, 2.45) is 0 Å². The lowest BCUT2D eigenvalue weighted by Gasteiger charge is -2.02. The fourth-order valence-electron chi connectivity index (χ4n) is 0.803. The maximum atomic E-state index is 10.3. The molecule has 0 atom stereocenters. The molecule has 1 aromatic rings. The topological polar surface area (TPSA) is 127 Å². The van der Waals surface area contributed by atoms with Crippen LogP contribution < -0.4 is 4.18 Å². The van der Waals surface area contributed by atoms with Gasteiger partial charge >= 0.3 is 10.4 Å². The first-order valence-corrected chi connectivity index (χ1v) is 4.80. The van der Waals surface area contributed by atoms with E-state index in [9.17, 15) is 18.5 Å². The van der Waals surface area contributed by atoms with Crippen LogP contribution in [0.5, 0.6) is 11.5 Å². The normalized spacial score (nSPS) is 11.0. The minimum Gasteiger partial charge on any atom is -0.504 e. The molecular weight excluding hydrogens is 230 g/mol. The van der Waals surface area contributed by atoms with Crippen molar-refractivity contribution in [3.8, 4) is 11.5 Å². The van der Waals surface area contributed by atoms with Crippen molar-refractivity contribution in [3.63, 3.8) is 0 Å². The summed E-state index contributed by atoms with van der Waals surface area (Å²) in [5.41, 5.74) is -0.435. The van der Waals surface area contributed by atoms with Crippen LogP contribution in [-0.4, -0.2) is 23.0 Å². The Morgan fingerprint density at radius 3 is 2.40 bits per heavy atom. The van der Waals surface area contributed by atoms with Crippen molar-refractivity contribution in [2.45, 2.75) is 0 Å². The van der Waals surface area contributed by atoms with E-state index in [0.717, 1.165) is 12.1 Å². The first-order chi connectivity index (χ1) is 6.79. The van der Waals surface area contributed by atoms with Gasteiger partial charge in [-0.15, -0.1) is 0 Å². The van der Waals surface area contributed by atoms with Crippen molar-refractivity contribution >= 4 is 16.1 Å². The Bertz CT molecular complexity index is 494. The lowest BCUT2D eigenvalue weighted by atomic mass is 10.3. The maximum Gasteiger partial charge on any atom is 0.446 e. The van der Waals surface area contributed by atoms with Gasteiger partial charge in [0.25, 0.3) is 5.69 Å².